The monoisotopic (exact) mass is 303 g/mol. The van der Waals surface area contributed by atoms with E-state index in [0.717, 1.165) is 13.1 Å². The molecule has 0 saturated carbocycles. The molecule has 116 valence electrons. The highest BCUT2D eigenvalue weighted by Crippen LogP contribution is 2.33. The van der Waals surface area contributed by atoms with E-state index >= 15 is 0 Å². The fourth-order valence-electron chi connectivity index (χ4n) is 2.60. The van der Waals surface area contributed by atoms with Crippen molar-refractivity contribution in [1.82, 2.24) is 25.2 Å². The van der Waals surface area contributed by atoms with Crippen LogP contribution in [0.5, 0.6) is 0 Å². The minimum atomic E-state index is -4.26. The van der Waals surface area contributed by atoms with E-state index in [0.29, 0.717) is 13.0 Å². The number of piperidine rings is 1. The molecule has 3 heterocycles. The van der Waals surface area contributed by atoms with E-state index in [9.17, 15) is 18.0 Å². The number of carbonyl (C=O) groups is 1. The lowest BCUT2D eigenvalue weighted by molar-refractivity contribution is -0.184. The van der Waals surface area contributed by atoms with Gasteiger partial charge in [-0.2, -0.15) is 13.2 Å². The quantitative estimate of drug-likeness (QED) is 0.879. The van der Waals surface area contributed by atoms with Gasteiger partial charge in [-0.15, -0.1) is 5.10 Å². The Hall–Kier alpha value is -1.64. The average molecular weight is 303 g/mol. The van der Waals surface area contributed by atoms with Crippen molar-refractivity contribution in [2.45, 2.75) is 25.1 Å². The van der Waals surface area contributed by atoms with Crippen LogP contribution in [0.4, 0.5) is 13.2 Å². The van der Waals surface area contributed by atoms with Gasteiger partial charge in [0.2, 0.25) is 0 Å². The Morgan fingerprint density at radius 1 is 1.38 bits per heavy atom. The smallest absolute Gasteiger partial charge is 0.337 e. The highest BCUT2D eigenvalue weighted by molar-refractivity contribution is 5.92. The topological polar surface area (TPSA) is 63.1 Å². The first-order valence-electron chi connectivity index (χ1n) is 6.93. The number of amides is 1. The molecule has 1 atom stereocenters. The van der Waals surface area contributed by atoms with Gasteiger partial charge in [0.1, 0.15) is 0 Å². The van der Waals surface area contributed by atoms with Gasteiger partial charge in [0.05, 0.1) is 18.2 Å². The number of likely N-dealkylation sites (tertiary alicyclic amines) is 1. The van der Waals surface area contributed by atoms with Gasteiger partial charge < -0.3 is 10.2 Å². The molecule has 0 radical (unpaired) electrons. The SMILES string of the molecule is O=C(c1cn(C2CNC2)nn1)N1CCCC(C(F)(F)F)C1. The fraction of sp³-hybridized carbons (Fsp3) is 0.750. The van der Waals surface area contributed by atoms with Crippen LogP contribution >= 0.6 is 0 Å². The third kappa shape index (κ3) is 2.87. The van der Waals surface area contributed by atoms with E-state index in [1.165, 1.54) is 11.1 Å². The van der Waals surface area contributed by atoms with Crippen LogP contribution in [0, 0.1) is 5.92 Å². The van der Waals surface area contributed by atoms with Crippen molar-refractivity contribution >= 4 is 5.91 Å². The van der Waals surface area contributed by atoms with Crippen molar-refractivity contribution in [1.29, 1.82) is 0 Å². The lowest BCUT2D eigenvalue weighted by Crippen LogP contribution is -2.45. The molecule has 9 heteroatoms. The summed E-state index contributed by atoms with van der Waals surface area (Å²) in [7, 11) is 0. The number of nitrogens with one attached hydrogen (secondary N) is 1. The van der Waals surface area contributed by atoms with Crippen molar-refractivity contribution in [2.24, 2.45) is 5.92 Å². The van der Waals surface area contributed by atoms with Gasteiger partial charge in [-0.05, 0) is 12.8 Å². The van der Waals surface area contributed by atoms with Gasteiger partial charge in [-0.1, -0.05) is 5.21 Å². The lowest BCUT2D eigenvalue weighted by Gasteiger charge is -2.33. The Bertz CT molecular complexity index is 525. The van der Waals surface area contributed by atoms with Crippen LogP contribution in [0.15, 0.2) is 6.20 Å². The molecule has 0 aliphatic carbocycles. The second kappa shape index (κ2) is 5.28. The van der Waals surface area contributed by atoms with Crippen LogP contribution in [0.3, 0.4) is 0 Å². The molecule has 1 aromatic heterocycles. The minimum absolute atomic E-state index is 0.0771. The van der Waals surface area contributed by atoms with Crippen LogP contribution in [0.1, 0.15) is 29.4 Å². The number of hydrogen-bond donors (Lipinski definition) is 1. The highest BCUT2D eigenvalue weighted by atomic mass is 19.4. The summed E-state index contributed by atoms with van der Waals surface area (Å²) in [5.74, 6) is -1.91. The van der Waals surface area contributed by atoms with E-state index in [1.54, 1.807) is 4.68 Å². The van der Waals surface area contributed by atoms with Gasteiger partial charge in [-0.25, -0.2) is 4.68 Å². The summed E-state index contributed by atoms with van der Waals surface area (Å²) in [5, 5.41) is 10.7. The van der Waals surface area contributed by atoms with Gasteiger partial charge in [-0.3, -0.25) is 4.79 Å². The molecule has 6 nitrogen and oxygen atoms in total. The number of rotatable bonds is 2. The van der Waals surface area contributed by atoms with Crippen molar-refractivity contribution in [3.8, 4) is 0 Å². The standard InChI is InChI=1S/C12H16F3N5O/c13-12(14,15)8-2-1-3-19(6-8)11(21)10-7-20(18-17-10)9-4-16-5-9/h7-9,16H,1-6H2. The van der Waals surface area contributed by atoms with Crippen molar-refractivity contribution in [2.75, 3.05) is 26.2 Å². The first-order valence-corrected chi connectivity index (χ1v) is 6.93. The Kier molecular flexibility index (Phi) is 3.60. The zero-order valence-electron chi connectivity index (χ0n) is 11.3. The zero-order valence-corrected chi connectivity index (χ0v) is 11.3. The molecule has 2 fully saturated rings. The number of aromatic nitrogens is 3. The normalized spacial score (nSPS) is 24.0. The number of nitrogens with zero attached hydrogens (tertiary/aromatic N) is 4. The molecule has 21 heavy (non-hydrogen) atoms. The largest absolute Gasteiger partial charge is 0.393 e. The minimum Gasteiger partial charge on any atom is -0.337 e. The van der Waals surface area contributed by atoms with E-state index in [-0.39, 0.29) is 24.7 Å². The number of hydrogen-bond acceptors (Lipinski definition) is 4. The number of carbonyl (C=O) groups excluding carboxylic acids is 1. The number of alkyl halides is 3. The molecule has 1 amide bonds. The Morgan fingerprint density at radius 3 is 2.76 bits per heavy atom. The summed E-state index contributed by atoms with van der Waals surface area (Å²) in [6.45, 7) is 1.57. The van der Waals surface area contributed by atoms with Gasteiger partial charge in [0.15, 0.2) is 5.69 Å². The molecule has 0 spiro atoms. The second-order valence-corrected chi connectivity index (χ2v) is 5.53. The summed E-state index contributed by atoms with van der Waals surface area (Å²) in [5.41, 5.74) is 0.115. The van der Waals surface area contributed by atoms with Crippen LogP contribution in [0.25, 0.3) is 0 Å². The van der Waals surface area contributed by atoms with Gasteiger partial charge in [0.25, 0.3) is 5.91 Å². The summed E-state index contributed by atoms with van der Waals surface area (Å²) in [4.78, 5) is 13.5. The van der Waals surface area contributed by atoms with E-state index in [2.05, 4.69) is 15.6 Å². The number of halogens is 3. The first kappa shape index (κ1) is 14.3. The molecular weight excluding hydrogens is 287 g/mol. The van der Waals surface area contributed by atoms with Gasteiger partial charge >= 0.3 is 6.18 Å². The summed E-state index contributed by atoms with van der Waals surface area (Å²) >= 11 is 0. The van der Waals surface area contributed by atoms with E-state index < -0.39 is 18.0 Å². The van der Waals surface area contributed by atoms with Crippen LogP contribution in [0.2, 0.25) is 0 Å². The molecule has 2 aliphatic heterocycles. The highest BCUT2D eigenvalue weighted by Gasteiger charge is 2.43. The Morgan fingerprint density at radius 2 is 2.14 bits per heavy atom. The summed E-state index contributed by atoms with van der Waals surface area (Å²) in [6.07, 6.45) is -2.30. The molecule has 1 N–H and O–H groups in total. The van der Waals surface area contributed by atoms with E-state index in [1.807, 2.05) is 0 Å². The van der Waals surface area contributed by atoms with Crippen molar-refractivity contribution in [3.05, 3.63) is 11.9 Å². The Balaban J connectivity index is 1.68. The second-order valence-electron chi connectivity index (χ2n) is 5.53. The zero-order chi connectivity index (χ0) is 15.0. The molecule has 1 aromatic rings. The predicted octanol–water partition coefficient (Wildman–Crippen LogP) is 0.837. The van der Waals surface area contributed by atoms with Crippen molar-refractivity contribution < 1.29 is 18.0 Å². The maximum Gasteiger partial charge on any atom is 0.393 e. The Labute approximate surface area is 119 Å². The molecule has 3 rings (SSSR count). The van der Waals surface area contributed by atoms with Crippen LogP contribution in [-0.2, 0) is 0 Å². The molecule has 2 saturated heterocycles. The fourth-order valence-corrected chi connectivity index (χ4v) is 2.60. The third-order valence-corrected chi connectivity index (χ3v) is 4.03. The van der Waals surface area contributed by atoms with Crippen LogP contribution in [-0.4, -0.2) is 58.2 Å². The van der Waals surface area contributed by atoms with Crippen LogP contribution < -0.4 is 5.32 Å². The molecular formula is C12H16F3N5O. The van der Waals surface area contributed by atoms with Gasteiger partial charge in [0, 0.05) is 26.2 Å². The van der Waals surface area contributed by atoms with E-state index in [4.69, 9.17) is 0 Å². The average Bonchev–Trinajstić information content (AvgIpc) is 2.84. The maximum atomic E-state index is 12.8. The summed E-state index contributed by atoms with van der Waals surface area (Å²) < 4.78 is 39.9. The third-order valence-electron chi connectivity index (χ3n) is 4.03. The molecule has 2 aliphatic rings. The first-order chi connectivity index (χ1) is 9.95. The molecule has 0 aromatic carbocycles. The predicted molar refractivity (Wildman–Crippen MR) is 66.6 cm³/mol. The lowest BCUT2D eigenvalue weighted by atomic mass is 9.97. The molecule has 1 unspecified atom stereocenters. The maximum absolute atomic E-state index is 12.8. The molecule has 0 bridgehead atoms. The summed E-state index contributed by atoms with van der Waals surface area (Å²) in [6, 6.07) is 0.170. The van der Waals surface area contributed by atoms with Crippen molar-refractivity contribution in [3.63, 3.8) is 0 Å².